The van der Waals surface area contributed by atoms with Gasteiger partial charge in [0.2, 0.25) is 0 Å². The van der Waals surface area contributed by atoms with Gasteiger partial charge < -0.3 is 0 Å². The van der Waals surface area contributed by atoms with E-state index in [0.717, 1.165) is 18.4 Å². The Labute approximate surface area is 139 Å². The third kappa shape index (κ3) is 2.84. The second-order valence-electron chi connectivity index (χ2n) is 6.58. The molecule has 0 aromatic heterocycles. The van der Waals surface area contributed by atoms with Crippen molar-refractivity contribution < 1.29 is 6.17 Å². The van der Waals surface area contributed by atoms with Crippen LogP contribution in [0.3, 0.4) is 0 Å². The molecule has 118 valence electrons. The largest absolute Gasteiger partial charge is 0.292 e. The van der Waals surface area contributed by atoms with Crippen molar-refractivity contribution in [1.82, 2.24) is 4.90 Å². The number of rotatable bonds is 4. The Bertz CT molecular complexity index is 711. The first kappa shape index (κ1) is 13.5. The summed E-state index contributed by atoms with van der Waals surface area (Å²) in [6.07, 6.45) is 5.90. The fraction of sp³-hybridized carbons (Fsp3) is 0.381. The molecule has 2 aromatic rings. The molecule has 1 aliphatic carbocycles. The SMILES string of the molecule is [2H]C1(c2ccccc2)C(C(=O)c2ccccc2)N1C1CCCCC1. The number of benzene rings is 2. The number of Topliss-reactive ketones (excluding diaryl/α,β-unsaturated/α-hetero) is 1. The van der Waals surface area contributed by atoms with Gasteiger partial charge in [0.1, 0.15) is 0 Å². The van der Waals surface area contributed by atoms with Crippen molar-refractivity contribution >= 4 is 5.78 Å². The third-order valence-electron chi connectivity index (χ3n) is 5.09. The minimum Gasteiger partial charge on any atom is -0.292 e. The van der Waals surface area contributed by atoms with E-state index in [1.165, 1.54) is 19.3 Å². The van der Waals surface area contributed by atoms with Crippen LogP contribution in [-0.2, 0) is 0 Å². The lowest BCUT2D eigenvalue weighted by Crippen LogP contribution is -2.26. The van der Waals surface area contributed by atoms with E-state index in [-0.39, 0.29) is 11.8 Å². The molecule has 2 heteroatoms. The molecule has 23 heavy (non-hydrogen) atoms. The molecule has 2 nitrogen and oxygen atoms in total. The second-order valence-corrected chi connectivity index (χ2v) is 6.58. The quantitative estimate of drug-likeness (QED) is 0.606. The molecule has 2 aliphatic rings. The maximum Gasteiger partial charge on any atom is 0.181 e. The van der Waals surface area contributed by atoms with Crippen LogP contribution in [0.1, 0.15) is 55.4 Å². The summed E-state index contributed by atoms with van der Waals surface area (Å²) in [6.45, 7) is 0. The van der Waals surface area contributed by atoms with E-state index < -0.39 is 6.02 Å². The predicted octanol–water partition coefficient (Wildman–Crippen LogP) is 4.63. The Morgan fingerprint density at radius 2 is 1.52 bits per heavy atom. The predicted molar refractivity (Wildman–Crippen MR) is 92.5 cm³/mol. The zero-order valence-electron chi connectivity index (χ0n) is 14.3. The Morgan fingerprint density at radius 1 is 0.913 bits per heavy atom. The summed E-state index contributed by atoms with van der Waals surface area (Å²) in [5, 5.41) is 0. The van der Waals surface area contributed by atoms with E-state index in [1.54, 1.807) is 0 Å². The molecular formula is C21H23NO. The average Bonchev–Trinajstić information content (AvgIpc) is 3.30. The zero-order chi connectivity index (χ0) is 16.6. The number of hydrogen-bond donors (Lipinski definition) is 0. The van der Waals surface area contributed by atoms with Crippen LogP contribution in [0.25, 0.3) is 0 Å². The van der Waals surface area contributed by atoms with Gasteiger partial charge in [-0.25, -0.2) is 0 Å². The summed E-state index contributed by atoms with van der Waals surface area (Å²) in [5.74, 6) is 0.0834. The maximum absolute atomic E-state index is 13.1. The maximum atomic E-state index is 13.1. The topological polar surface area (TPSA) is 20.1 Å². The summed E-state index contributed by atoms with van der Waals surface area (Å²) in [6, 6.07) is 18.4. The fourth-order valence-corrected chi connectivity index (χ4v) is 3.90. The van der Waals surface area contributed by atoms with Crippen LogP contribution in [0, 0.1) is 0 Å². The lowest BCUT2D eigenvalue weighted by atomic mass is 9.95. The van der Waals surface area contributed by atoms with Crippen LogP contribution in [-0.4, -0.2) is 22.8 Å². The van der Waals surface area contributed by atoms with Crippen molar-refractivity contribution in [1.29, 1.82) is 0 Å². The van der Waals surface area contributed by atoms with Gasteiger partial charge in [-0.15, -0.1) is 0 Å². The number of hydrogen-bond acceptors (Lipinski definition) is 2. The minimum atomic E-state index is -0.907. The van der Waals surface area contributed by atoms with Crippen LogP contribution in [0.15, 0.2) is 60.7 Å². The standard InChI is InChI=1S/C21H23NO/c23-21(17-12-6-2-7-13-17)20-19(16-10-4-1-5-11-16)22(20)18-14-8-3-9-15-18/h1-2,4-7,10-13,18-20H,3,8-9,14-15H2/i19D. The highest BCUT2D eigenvalue weighted by Gasteiger charge is 2.55. The Kier molecular flexibility index (Phi) is 3.69. The Hall–Kier alpha value is -1.93. The van der Waals surface area contributed by atoms with E-state index in [1.807, 2.05) is 60.7 Å². The third-order valence-corrected chi connectivity index (χ3v) is 5.09. The first-order valence-electron chi connectivity index (χ1n) is 9.16. The summed E-state index contributed by atoms with van der Waals surface area (Å²) < 4.78 is 9.12. The van der Waals surface area contributed by atoms with Crippen LogP contribution in [0.2, 0.25) is 0 Å². The van der Waals surface area contributed by atoms with E-state index in [2.05, 4.69) is 4.90 Å². The van der Waals surface area contributed by atoms with Gasteiger partial charge in [-0.3, -0.25) is 9.69 Å². The first-order valence-corrected chi connectivity index (χ1v) is 8.66. The average molecular weight is 306 g/mol. The van der Waals surface area contributed by atoms with Gasteiger partial charge in [0.05, 0.1) is 13.4 Å². The van der Waals surface area contributed by atoms with E-state index in [9.17, 15) is 4.79 Å². The van der Waals surface area contributed by atoms with Crippen LogP contribution in [0.5, 0.6) is 0 Å². The summed E-state index contributed by atoms with van der Waals surface area (Å²) >= 11 is 0. The molecule has 1 saturated carbocycles. The van der Waals surface area contributed by atoms with Gasteiger partial charge in [0.25, 0.3) is 0 Å². The summed E-state index contributed by atoms with van der Waals surface area (Å²) in [7, 11) is 0. The van der Waals surface area contributed by atoms with Crippen molar-refractivity contribution in [3.63, 3.8) is 0 Å². The monoisotopic (exact) mass is 306 g/mol. The molecule has 3 unspecified atom stereocenters. The Morgan fingerprint density at radius 3 is 2.17 bits per heavy atom. The van der Waals surface area contributed by atoms with E-state index >= 15 is 0 Å². The van der Waals surface area contributed by atoms with Gasteiger partial charge in [-0.2, -0.15) is 0 Å². The number of nitrogens with zero attached hydrogens (tertiary/aromatic N) is 1. The zero-order valence-corrected chi connectivity index (χ0v) is 13.3. The van der Waals surface area contributed by atoms with Gasteiger partial charge in [0, 0.05) is 11.6 Å². The van der Waals surface area contributed by atoms with Gasteiger partial charge >= 0.3 is 0 Å². The van der Waals surface area contributed by atoms with E-state index in [4.69, 9.17) is 1.37 Å². The number of ketones is 1. The lowest BCUT2D eigenvalue weighted by molar-refractivity contribution is 0.0963. The highest BCUT2D eigenvalue weighted by molar-refractivity contribution is 6.02. The summed E-state index contributed by atoms with van der Waals surface area (Å²) in [4.78, 5) is 15.3. The van der Waals surface area contributed by atoms with Crippen molar-refractivity contribution in [2.75, 3.05) is 0 Å². The molecule has 1 saturated heterocycles. The second kappa shape index (κ2) is 6.29. The van der Waals surface area contributed by atoms with Gasteiger partial charge in [0.15, 0.2) is 5.78 Å². The van der Waals surface area contributed by atoms with E-state index in [0.29, 0.717) is 11.6 Å². The van der Waals surface area contributed by atoms with Crippen molar-refractivity contribution in [2.45, 2.75) is 50.2 Å². The molecule has 0 bridgehead atoms. The van der Waals surface area contributed by atoms with Crippen molar-refractivity contribution in [2.24, 2.45) is 0 Å². The number of carbonyl (C=O) groups excluding carboxylic acids is 1. The highest BCUT2D eigenvalue weighted by atomic mass is 16.1. The highest BCUT2D eigenvalue weighted by Crippen LogP contribution is 2.49. The minimum absolute atomic E-state index is 0.0834. The van der Waals surface area contributed by atoms with Crippen LogP contribution < -0.4 is 0 Å². The molecular weight excluding hydrogens is 282 g/mol. The number of carbonyl (C=O) groups is 1. The molecule has 4 rings (SSSR count). The molecule has 3 atom stereocenters. The smallest absolute Gasteiger partial charge is 0.181 e. The van der Waals surface area contributed by atoms with Gasteiger partial charge in [-0.05, 0) is 18.4 Å². The van der Waals surface area contributed by atoms with Crippen molar-refractivity contribution in [3.8, 4) is 0 Å². The first-order chi connectivity index (χ1) is 11.7. The molecule has 2 fully saturated rings. The molecule has 0 N–H and O–H groups in total. The van der Waals surface area contributed by atoms with Crippen LogP contribution >= 0.6 is 0 Å². The normalized spacial score (nSPS) is 31.4. The molecule has 0 amide bonds. The fourth-order valence-electron chi connectivity index (χ4n) is 3.90. The molecule has 0 spiro atoms. The lowest BCUT2D eigenvalue weighted by Gasteiger charge is -2.24. The molecule has 2 aromatic carbocycles. The van der Waals surface area contributed by atoms with Crippen LogP contribution in [0.4, 0.5) is 0 Å². The molecule has 0 radical (unpaired) electrons. The van der Waals surface area contributed by atoms with Crippen molar-refractivity contribution in [3.05, 3.63) is 71.8 Å². The Balaban J connectivity index is 1.68. The summed E-state index contributed by atoms with van der Waals surface area (Å²) in [5.41, 5.74) is 1.65. The molecule has 1 heterocycles. The van der Waals surface area contributed by atoms with Gasteiger partial charge in [-0.1, -0.05) is 79.9 Å². The molecule has 1 aliphatic heterocycles.